The van der Waals surface area contributed by atoms with Crippen molar-refractivity contribution in [1.29, 1.82) is 0 Å². The predicted octanol–water partition coefficient (Wildman–Crippen LogP) is 1.14. The molecule has 0 bridgehead atoms. The van der Waals surface area contributed by atoms with Crippen LogP contribution in [0.4, 0.5) is 0 Å². The van der Waals surface area contributed by atoms with E-state index in [2.05, 4.69) is 17.5 Å². The van der Waals surface area contributed by atoms with Crippen LogP contribution in [-0.2, 0) is 9.47 Å². The van der Waals surface area contributed by atoms with Crippen LogP contribution in [0.1, 0.15) is 6.42 Å². The number of nitrogens with one attached hydrogen (secondary N) is 1. The summed E-state index contributed by atoms with van der Waals surface area (Å²) in [5, 5.41) is 3.47. The van der Waals surface area contributed by atoms with Gasteiger partial charge in [-0.15, -0.1) is 0 Å². The van der Waals surface area contributed by atoms with Gasteiger partial charge in [-0.2, -0.15) is 0 Å². The monoisotopic (exact) mass is 205 g/mol. The van der Waals surface area contributed by atoms with Gasteiger partial charge in [0.2, 0.25) is 0 Å². The highest BCUT2D eigenvalue weighted by Gasteiger charge is 2.29. The summed E-state index contributed by atoms with van der Waals surface area (Å²) in [4.78, 5) is 0. The standard InChI is InChI=1S/C12H15NO2/c1-2-4-11-9(3-1)12-10(5-7-14-11)13-6-8-15-12/h1-4,10-11,13H,5-8H2. The molecule has 15 heavy (non-hydrogen) atoms. The normalized spacial score (nSPS) is 34.1. The Morgan fingerprint density at radius 1 is 1.27 bits per heavy atom. The maximum atomic E-state index is 5.78. The summed E-state index contributed by atoms with van der Waals surface area (Å²) >= 11 is 0. The SMILES string of the molecule is C1=CC2=C3OCCNC3CCOC2C=C1. The van der Waals surface area contributed by atoms with Gasteiger partial charge >= 0.3 is 0 Å². The van der Waals surface area contributed by atoms with Crippen molar-refractivity contribution in [3.05, 3.63) is 35.6 Å². The first kappa shape index (κ1) is 9.19. The molecule has 2 unspecified atom stereocenters. The van der Waals surface area contributed by atoms with E-state index in [0.717, 1.165) is 31.9 Å². The lowest BCUT2D eigenvalue weighted by atomic mass is 9.99. The van der Waals surface area contributed by atoms with Crippen LogP contribution in [0, 0.1) is 0 Å². The predicted molar refractivity (Wildman–Crippen MR) is 57.4 cm³/mol. The fourth-order valence-electron chi connectivity index (χ4n) is 2.31. The van der Waals surface area contributed by atoms with Crippen molar-refractivity contribution >= 4 is 0 Å². The van der Waals surface area contributed by atoms with Gasteiger partial charge in [0.05, 0.1) is 6.04 Å². The van der Waals surface area contributed by atoms with Crippen LogP contribution in [0.3, 0.4) is 0 Å². The number of morpholine rings is 1. The minimum Gasteiger partial charge on any atom is -0.495 e. The van der Waals surface area contributed by atoms with E-state index >= 15 is 0 Å². The van der Waals surface area contributed by atoms with Gasteiger partial charge in [-0.3, -0.25) is 0 Å². The second-order valence-corrected chi connectivity index (χ2v) is 4.00. The van der Waals surface area contributed by atoms with Crippen LogP contribution >= 0.6 is 0 Å². The molecule has 1 saturated heterocycles. The average Bonchev–Trinajstić information content (AvgIpc) is 2.48. The lowest BCUT2D eigenvalue weighted by molar-refractivity contribution is 0.108. The molecule has 3 heteroatoms. The Hall–Kier alpha value is -1.06. The van der Waals surface area contributed by atoms with Crippen LogP contribution in [0.15, 0.2) is 35.6 Å². The number of hydrogen-bond acceptors (Lipinski definition) is 3. The van der Waals surface area contributed by atoms with Crippen molar-refractivity contribution in [2.75, 3.05) is 19.8 Å². The summed E-state index contributed by atoms with van der Waals surface area (Å²) in [5.41, 5.74) is 1.19. The minimum atomic E-state index is 0.0925. The molecule has 0 aromatic heterocycles. The Labute approximate surface area is 89.4 Å². The van der Waals surface area contributed by atoms with E-state index in [-0.39, 0.29) is 6.10 Å². The molecule has 0 amide bonds. The zero-order valence-corrected chi connectivity index (χ0v) is 8.61. The number of fused-ring (bicyclic) bond motifs is 2. The van der Waals surface area contributed by atoms with Crippen LogP contribution in [0.25, 0.3) is 0 Å². The second kappa shape index (κ2) is 3.83. The molecule has 1 fully saturated rings. The van der Waals surface area contributed by atoms with Gasteiger partial charge in [0, 0.05) is 18.7 Å². The van der Waals surface area contributed by atoms with Gasteiger partial charge in [-0.25, -0.2) is 0 Å². The molecule has 0 spiro atoms. The van der Waals surface area contributed by atoms with Crippen molar-refractivity contribution in [1.82, 2.24) is 5.32 Å². The summed E-state index contributed by atoms with van der Waals surface area (Å²) < 4.78 is 11.6. The molecule has 2 aliphatic heterocycles. The Kier molecular flexibility index (Phi) is 2.35. The van der Waals surface area contributed by atoms with E-state index in [4.69, 9.17) is 9.47 Å². The topological polar surface area (TPSA) is 30.5 Å². The van der Waals surface area contributed by atoms with Crippen LogP contribution in [-0.4, -0.2) is 31.9 Å². The summed E-state index contributed by atoms with van der Waals surface area (Å²) in [6.45, 7) is 2.49. The molecule has 2 atom stereocenters. The molecule has 0 aromatic carbocycles. The minimum absolute atomic E-state index is 0.0925. The molecule has 80 valence electrons. The Morgan fingerprint density at radius 3 is 3.27 bits per heavy atom. The van der Waals surface area contributed by atoms with Crippen molar-refractivity contribution in [3.63, 3.8) is 0 Å². The number of allylic oxidation sites excluding steroid dienone is 2. The number of ether oxygens (including phenoxy) is 2. The summed E-state index contributed by atoms with van der Waals surface area (Å²) in [6, 6.07) is 0.342. The third-order valence-corrected chi connectivity index (χ3v) is 3.03. The third-order valence-electron chi connectivity index (χ3n) is 3.03. The van der Waals surface area contributed by atoms with Gasteiger partial charge in [-0.1, -0.05) is 24.3 Å². The maximum absolute atomic E-state index is 5.78. The molecule has 3 nitrogen and oxygen atoms in total. The maximum Gasteiger partial charge on any atom is 0.119 e. The fraction of sp³-hybridized carbons (Fsp3) is 0.500. The molecule has 1 aliphatic carbocycles. The lowest BCUT2D eigenvalue weighted by Crippen LogP contribution is -2.40. The van der Waals surface area contributed by atoms with Gasteiger partial charge in [0.15, 0.2) is 0 Å². The quantitative estimate of drug-likeness (QED) is 0.643. The van der Waals surface area contributed by atoms with E-state index in [9.17, 15) is 0 Å². The zero-order valence-electron chi connectivity index (χ0n) is 8.61. The summed E-state index contributed by atoms with van der Waals surface area (Å²) in [5.74, 6) is 1.09. The van der Waals surface area contributed by atoms with Gasteiger partial charge in [0.1, 0.15) is 18.5 Å². The molecule has 0 aromatic rings. The van der Waals surface area contributed by atoms with Crippen molar-refractivity contribution in [2.45, 2.75) is 18.6 Å². The first-order valence-electron chi connectivity index (χ1n) is 5.52. The highest BCUT2D eigenvalue weighted by Crippen LogP contribution is 2.28. The highest BCUT2D eigenvalue weighted by atomic mass is 16.5. The van der Waals surface area contributed by atoms with E-state index in [1.54, 1.807) is 0 Å². The number of rotatable bonds is 0. The molecule has 2 heterocycles. The van der Waals surface area contributed by atoms with E-state index in [0.29, 0.717) is 6.04 Å². The van der Waals surface area contributed by atoms with Gasteiger partial charge in [0.25, 0.3) is 0 Å². The first-order valence-corrected chi connectivity index (χ1v) is 5.52. The molecule has 1 N–H and O–H groups in total. The molecule has 0 radical (unpaired) electrons. The third kappa shape index (κ3) is 1.62. The first-order chi connectivity index (χ1) is 7.45. The zero-order chi connectivity index (χ0) is 10.1. The van der Waals surface area contributed by atoms with Crippen LogP contribution < -0.4 is 5.32 Å². The van der Waals surface area contributed by atoms with E-state index in [1.165, 1.54) is 5.57 Å². The summed E-state index contributed by atoms with van der Waals surface area (Å²) in [7, 11) is 0. The second-order valence-electron chi connectivity index (χ2n) is 4.00. The van der Waals surface area contributed by atoms with Crippen LogP contribution in [0.2, 0.25) is 0 Å². The molecule has 3 aliphatic rings. The van der Waals surface area contributed by atoms with Crippen molar-refractivity contribution in [3.8, 4) is 0 Å². The molecular formula is C12H15NO2. The number of hydrogen-bond donors (Lipinski definition) is 1. The van der Waals surface area contributed by atoms with Crippen LogP contribution in [0.5, 0.6) is 0 Å². The van der Waals surface area contributed by atoms with Gasteiger partial charge in [-0.05, 0) is 6.42 Å². The van der Waals surface area contributed by atoms with Gasteiger partial charge < -0.3 is 14.8 Å². The largest absolute Gasteiger partial charge is 0.495 e. The van der Waals surface area contributed by atoms with E-state index < -0.39 is 0 Å². The fourth-order valence-corrected chi connectivity index (χ4v) is 2.31. The average molecular weight is 205 g/mol. The Bertz CT molecular complexity index is 344. The van der Waals surface area contributed by atoms with E-state index in [1.807, 2.05) is 12.2 Å². The summed E-state index contributed by atoms with van der Waals surface area (Å²) in [6.07, 6.45) is 9.36. The Morgan fingerprint density at radius 2 is 2.27 bits per heavy atom. The molecule has 3 rings (SSSR count). The van der Waals surface area contributed by atoms with Crippen molar-refractivity contribution in [2.24, 2.45) is 0 Å². The molecule has 0 saturated carbocycles. The Balaban J connectivity index is 1.99. The highest BCUT2D eigenvalue weighted by molar-refractivity contribution is 5.39. The lowest BCUT2D eigenvalue weighted by Gasteiger charge is -2.28. The smallest absolute Gasteiger partial charge is 0.119 e. The molecular weight excluding hydrogens is 190 g/mol. The van der Waals surface area contributed by atoms with Crippen molar-refractivity contribution < 1.29 is 9.47 Å².